The number of hydrogen-bond donors (Lipinski definition) is 3. The Bertz CT molecular complexity index is 660. The third kappa shape index (κ3) is 6.69. The number of alkyl carbamates (subject to hydrolysis) is 1. The normalized spacial score (nSPS) is 23.7. The Morgan fingerprint density at radius 2 is 2.11 bits per heavy atom. The Morgan fingerprint density at radius 3 is 2.75 bits per heavy atom. The summed E-state index contributed by atoms with van der Waals surface area (Å²) in [7, 11) is 0. The monoisotopic (exact) mass is 393 g/mol. The first kappa shape index (κ1) is 22.0. The molecule has 0 aromatic heterocycles. The van der Waals surface area contributed by atoms with E-state index >= 15 is 0 Å². The number of carbonyl (C=O) groups is 1. The molecule has 1 fully saturated rings. The summed E-state index contributed by atoms with van der Waals surface area (Å²) in [6, 6.07) is 9.90. The van der Waals surface area contributed by atoms with Gasteiger partial charge < -0.3 is 30.5 Å². The minimum Gasteiger partial charge on any atom is -0.444 e. The summed E-state index contributed by atoms with van der Waals surface area (Å²) in [6.07, 6.45) is 1.15. The van der Waals surface area contributed by atoms with Crippen LogP contribution < -0.4 is 11.1 Å². The molecular weight excluding hydrogens is 362 g/mol. The number of nitrogens with zero attached hydrogens (tertiary/aromatic N) is 1. The van der Waals surface area contributed by atoms with Crippen LogP contribution in [0.15, 0.2) is 35.5 Å². The zero-order valence-corrected chi connectivity index (χ0v) is 16.8. The van der Waals surface area contributed by atoms with Crippen LogP contribution >= 0.6 is 0 Å². The highest BCUT2D eigenvalue weighted by atomic mass is 16.6. The predicted molar refractivity (Wildman–Crippen MR) is 105 cm³/mol. The van der Waals surface area contributed by atoms with E-state index in [1.807, 2.05) is 30.3 Å². The van der Waals surface area contributed by atoms with Crippen LogP contribution in [0.2, 0.25) is 0 Å². The number of amidine groups is 1. The van der Waals surface area contributed by atoms with Crippen molar-refractivity contribution in [1.82, 2.24) is 5.32 Å². The summed E-state index contributed by atoms with van der Waals surface area (Å²) in [4.78, 5) is 12.3. The summed E-state index contributed by atoms with van der Waals surface area (Å²) in [5, 5.41) is 15.1. The van der Waals surface area contributed by atoms with Gasteiger partial charge in [-0.3, -0.25) is 0 Å². The van der Waals surface area contributed by atoms with Crippen LogP contribution in [0, 0.1) is 0 Å². The summed E-state index contributed by atoms with van der Waals surface area (Å²) in [6.45, 7) is 6.31. The van der Waals surface area contributed by atoms with Crippen molar-refractivity contribution in [3.8, 4) is 0 Å². The zero-order valence-electron chi connectivity index (χ0n) is 16.8. The largest absolute Gasteiger partial charge is 0.444 e. The minimum absolute atomic E-state index is 0.0709. The molecule has 28 heavy (non-hydrogen) atoms. The summed E-state index contributed by atoms with van der Waals surface area (Å²) < 4.78 is 17.0. The molecule has 156 valence electrons. The molecule has 1 amide bonds. The van der Waals surface area contributed by atoms with Gasteiger partial charge in [0, 0.05) is 0 Å². The topological polar surface area (TPSA) is 115 Å². The van der Waals surface area contributed by atoms with E-state index in [1.54, 1.807) is 20.8 Å². The van der Waals surface area contributed by atoms with Gasteiger partial charge in [-0.25, -0.2) is 4.79 Å². The molecule has 1 aromatic rings. The number of oxime groups is 1. The first-order chi connectivity index (χ1) is 13.2. The smallest absolute Gasteiger partial charge is 0.408 e. The molecule has 1 aromatic carbocycles. The van der Waals surface area contributed by atoms with Crippen molar-refractivity contribution >= 4 is 11.9 Å². The minimum atomic E-state index is -1.12. The summed E-state index contributed by atoms with van der Waals surface area (Å²) in [5.74, 6) is -0.107. The number of amides is 1. The van der Waals surface area contributed by atoms with Gasteiger partial charge in [0.2, 0.25) is 0 Å². The Hall–Kier alpha value is -2.32. The molecule has 1 aliphatic rings. The highest BCUT2D eigenvalue weighted by Crippen LogP contribution is 2.24. The lowest BCUT2D eigenvalue weighted by Gasteiger charge is -2.33. The van der Waals surface area contributed by atoms with Crippen LogP contribution in [-0.4, -0.2) is 47.6 Å². The first-order valence-corrected chi connectivity index (χ1v) is 9.46. The quantitative estimate of drug-likeness (QED) is 0.296. The van der Waals surface area contributed by atoms with E-state index in [1.165, 1.54) is 0 Å². The number of rotatable bonds is 6. The zero-order chi connectivity index (χ0) is 20.6. The fourth-order valence-corrected chi connectivity index (χ4v) is 3.02. The second-order valence-corrected chi connectivity index (χ2v) is 8.02. The van der Waals surface area contributed by atoms with Gasteiger partial charge in [-0.2, -0.15) is 0 Å². The lowest BCUT2D eigenvalue weighted by atomic mass is 9.92. The van der Waals surface area contributed by atoms with Gasteiger partial charge in [0.05, 0.1) is 25.9 Å². The van der Waals surface area contributed by atoms with E-state index in [0.29, 0.717) is 26.1 Å². The molecule has 1 saturated heterocycles. The number of nitrogens with one attached hydrogen (secondary N) is 1. The molecule has 2 rings (SSSR count). The van der Waals surface area contributed by atoms with Gasteiger partial charge in [-0.15, -0.1) is 0 Å². The molecule has 1 aliphatic heterocycles. The maximum atomic E-state index is 12.3. The molecule has 2 atom stereocenters. The molecule has 2 unspecified atom stereocenters. The molecule has 0 bridgehead atoms. The van der Waals surface area contributed by atoms with Crippen LogP contribution in [0.5, 0.6) is 0 Å². The average molecular weight is 393 g/mol. The van der Waals surface area contributed by atoms with Crippen LogP contribution in [0.4, 0.5) is 4.79 Å². The fourth-order valence-electron chi connectivity index (χ4n) is 3.02. The third-order valence-corrected chi connectivity index (χ3v) is 4.45. The molecule has 0 saturated carbocycles. The molecule has 1 heterocycles. The standard InChI is InChI=1S/C20H31N3O5/c1-19(2,3)28-18(24)22-20(17(21)23-25)11-7-10-16(27-14-20)13-26-12-15-8-5-4-6-9-15/h4-6,8-9,16,25H,7,10-14H2,1-3H3,(H2,21,23)(H,22,24). The molecule has 8 nitrogen and oxygen atoms in total. The number of ether oxygens (including phenoxy) is 3. The number of benzene rings is 1. The van der Waals surface area contributed by atoms with Crippen molar-refractivity contribution in [3.63, 3.8) is 0 Å². The lowest BCUT2D eigenvalue weighted by Crippen LogP contribution is -2.61. The Balaban J connectivity index is 1.94. The highest BCUT2D eigenvalue weighted by Gasteiger charge is 2.41. The second-order valence-electron chi connectivity index (χ2n) is 8.02. The molecular formula is C20H31N3O5. The van der Waals surface area contributed by atoms with Gasteiger partial charge in [-0.1, -0.05) is 35.5 Å². The number of nitrogens with two attached hydrogens (primary N) is 1. The van der Waals surface area contributed by atoms with Crippen molar-refractivity contribution in [1.29, 1.82) is 0 Å². The second kappa shape index (κ2) is 9.75. The van der Waals surface area contributed by atoms with E-state index in [-0.39, 0.29) is 18.5 Å². The van der Waals surface area contributed by atoms with E-state index < -0.39 is 17.2 Å². The predicted octanol–water partition coefficient (Wildman–Crippen LogP) is 2.78. The van der Waals surface area contributed by atoms with Crippen molar-refractivity contribution in [3.05, 3.63) is 35.9 Å². The van der Waals surface area contributed by atoms with Crippen LogP contribution in [0.25, 0.3) is 0 Å². The van der Waals surface area contributed by atoms with E-state index in [4.69, 9.17) is 19.9 Å². The average Bonchev–Trinajstić information content (AvgIpc) is 2.83. The van der Waals surface area contributed by atoms with Crippen LogP contribution in [0.3, 0.4) is 0 Å². The Morgan fingerprint density at radius 1 is 1.39 bits per heavy atom. The Kier molecular flexibility index (Phi) is 7.65. The van der Waals surface area contributed by atoms with E-state index in [2.05, 4.69) is 10.5 Å². The van der Waals surface area contributed by atoms with Crippen molar-refractivity contribution in [2.45, 2.75) is 63.9 Å². The van der Waals surface area contributed by atoms with Crippen molar-refractivity contribution < 1.29 is 24.2 Å². The molecule has 0 aliphatic carbocycles. The van der Waals surface area contributed by atoms with E-state index in [9.17, 15) is 10.0 Å². The van der Waals surface area contributed by atoms with Gasteiger partial charge >= 0.3 is 6.09 Å². The van der Waals surface area contributed by atoms with Gasteiger partial charge in [0.15, 0.2) is 5.84 Å². The van der Waals surface area contributed by atoms with Gasteiger partial charge in [0.1, 0.15) is 11.1 Å². The summed E-state index contributed by atoms with van der Waals surface area (Å²) >= 11 is 0. The lowest BCUT2D eigenvalue weighted by molar-refractivity contribution is -0.0294. The molecule has 0 radical (unpaired) electrons. The number of carbonyl (C=O) groups excluding carboxylic acids is 1. The number of hydrogen-bond acceptors (Lipinski definition) is 6. The first-order valence-electron chi connectivity index (χ1n) is 9.46. The highest BCUT2D eigenvalue weighted by molar-refractivity contribution is 5.93. The Labute approximate surface area is 166 Å². The SMILES string of the molecule is CC(C)(C)OC(=O)NC1(C(N)=NO)CCCC(COCc2ccccc2)OC1. The molecule has 0 spiro atoms. The summed E-state index contributed by atoms with van der Waals surface area (Å²) in [5.41, 5.74) is 5.22. The van der Waals surface area contributed by atoms with Crippen molar-refractivity contribution in [2.75, 3.05) is 13.2 Å². The maximum absolute atomic E-state index is 12.3. The van der Waals surface area contributed by atoms with E-state index in [0.717, 1.165) is 12.0 Å². The third-order valence-electron chi connectivity index (χ3n) is 4.45. The maximum Gasteiger partial charge on any atom is 0.408 e. The van der Waals surface area contributed by atoms with Gasteiger partial charge in [-0.05, 0) is 45.6 Å². The molecule has 8 heteroatoms. The fraction of sp³-hybridized carbons (Fsp3) is 0.600. The van der Waals surface area contributed by atoms with Crippen LogP contribution in [-0.2, 0) is 20.8 Å². The molecule has 4 N–H and O–H groups in total. The van der Waals surface area contributed by atoms with Crippen molar-refractivity contribution in [2.24, 2.45) is 10.9 Å². The van der Waals surface area contributed by atoms with Gasteiger partial charge in [0.25, 0.3) is 0 Å². The van der Waals surface area contributed by atoms with Crippen LogP contribution in [0.1, 0.15) is 45.6 Å².